The minimum atomic E-state index is -0.844. The Bertz CT molecular complexity index is 627. The summed E-state index contributed by atoms with van der Waals surface area (Å²) in [6, 6.07) is 11.1. The van der Waals surface area contributed by atoms with Crippen LogP contribution >= 0.6 is 39.1 Å². The first-order chi connectivity index (χ1) is 10.0. The molecule has 0 aliphatic carbocycles. The van der Waals surface area contributed by atoms with Crippen LogP contribution in [0.2, 0.25) is 0 Å². The summed E-state index contributed by atoms with van der Waals surface area (Å²) in [5, 5.41) is 0. The Morgan fingerprint density at radius 3 is 2.19 bits per heavy atom. The van der Waals surface area contributed by atoms with Crippen molar-refractivity contribution in [2.75, 3.05) is 11.8 Å². The number of hydrogen-bond donors (Lipinski definition) is 0. The maximum Gasteiger partial charge on any atom is 0.127 e. The van der Waals surface area contributed by atoms with E-state index in [2.05, 4.69) is 15.9 Å². The van der Waals surface area contributed by atoms with E-state index in [0.717, 1.165) is 0 Å². The normalized spacial score (nSPS) is 11.7. The monoisotopic (exact) mass is 392 g/mol. The average Bonchev–Trinajstić information content (AvgIpc) is 2.48. The molecule has 0 fully saturated rings. The number of halogens is 5. The van der Waals surface area contributed by atoms with E-state index in [4.69, 9.17) is 23.2 Å². The second kappa shape index (κ2) is 7.08. The molecule has 2 rings (SSSR count). The van der Waals surface area contributed by atoms with E-state index in [-0.39, 0.29) is 29.8 Å². The summed E-state index contributed by atoms with van der Waals surface area (Å²) < 4.78 is 28.8. The van der Waals surface area contributed by atoms with Crippen molar-refractivity contribution in [3.05, 3.63) is 69.7 Å². The van der Waals surface area contributed by atoms with Crippen molar-refractivity contribution in [3.63, 3.8) is 0 Å². The van der Waals surface area contributed by atoms with E-state index in [0.29, 0.717) is 15.6 Å². The smallest absolute Gasteiger partial charge is 0.127 e. The predicted molar refractivity (Wildman–Crippen MR) is 87.3 cm³/mol. The topological polar surface area (TPSA) is 0 Å². The van der Waals surface area contributed by atoms with Crippen LogP contribution < -0.4 is 0 Å². The van der Waals surface area contributed by atoms with Crippen molar-refractivity contribution in [1.82, 2.24) is 0 Å². The van der Waals surface area contributed by atoms with Gasteiger partial charge in [0.25, 0.3) is 0 Å². The third-order valence-corrected chi connectivity index (χ3v) is 5.02. The van der Waals surface area contributed by atoms with Crippen LogP contribution in [0.25, 0.3) is 0 Å². The van der Waals surface area contributed by atoms with Gasteiger partial charge in [-0.1, -0.05) is 40.2 Å². The van der Waals surface area contributed by atoms with E-state index in [1.807, 2.05) is 0 Å². The first-order valence-electron chi connectivity index (χ1n) is 6.33. The molecule has 0 bridgehead atoms. The van der Waals surface area contributed by atoms with Crippen molar-refractivity contribution in [1.29, 1.82) is 0 Å². The van der Waals surface area contributed by atoms with Gasteiger partial charge < -0.3 is 0 Å². The fraction of sp³-hybridized carbons (Fsp3) is 0.250. The molecule has 0 saturated heterocycles. The van der Waals surface area contributed by atoms with Crippen LogP contribution in [0.5, 0.6) is 0 Å². The van der Waals surface area contributed by atoms with E-state index in [1.165, 1.54) is 12.1 Å². The molecular formula is C16H13BrCl2F2. The molecule has 0 atom stereocenters. The molecule has 2 aromatic rings. The van der Waals surface area contributed by atoms with Crippen LogP contribution in [-0.4, -0.2) is 11.8 Å². The molecule has 0 nitrogen and oxygen atoms in total. The zero-order valence-electron chi connectivity index (χ0n) is 11.1. The van der Waals surface area contributed by atoms with Gasteiger partial charge in [0, 0.05) is 21.6 Å². The summed E-state index contributed by atoms with van der Waals surface area (Å²) in [7, 11) is 0. The Kier molecular flexibility index (Phi) is 5.64. The number of benzene rings is 2. The lowest BCUT2D eigenvalue weighted by molar-refractivity contribution is 0.478. The van der Waals surface area contributed by atoms with Gasteiger partial charge in [-0.3, -0.25) is 0 Å². The molecule has 0 aliphatic heterocycles. The summed E-state index contributed by atoms with van der Waals surface area (Å²) in [5.74, 6) is -0.531. The maximum atomic E-state index is 14.1. The second-order valence-corrected chi connectivity index (χ2v) is 6.39. The lowest BCUT2D eigenvalue weighted by atomic mass is 9.78. The number of rotatable bonds is 5. The fourth-order valence-electron chi connectivity index (χ4n) is 2.29. The van der Waals surface area contributed by atoms with Crippen LogP contribution in [0.3, 0.4) is 0 Å². The van der Waals surface area contributed by atoms with Crippen molar-refractivity contribution in [3.8, 4) is 0 Å². The highest BCUT2D eigenvalue weighted by molar-refractivity contribution is 9.10. The van der Waals surface area contributed by atoms with Gasteiger partial charge in [-0.05, 0) is 35.7 Å². The molecule has 0 spiro atoms. The van der Waals surface area contributed by atoms with Crippen molar-refractivity contribution in [2.45, 2.75) is 11.8 Å². The Labute approximate surface area is 141 Å². The van der Waals surface area contributed by atoms with Gasteiger partial charge >= 0.3 is 0 Å². The summed E-state index contributed by atoms with van der Waals surface area (Å²) in [6.45, 7) is 0. The molecule has 0 aromatic heterocycles. The molecule has 2 aromatic carbocycles. The van der Waals surface area contributed by atoms with Gasteiger partial charge in [0.2, 0.25) is 0 Å². The van der Waals surface area contributed by atoms with Gasteiger partial charge in [0.15, 0.2) is 0 Å². The quantitative estimate of drug-likeness (QED) is 0.572. The molecule has 0 unspecified atom stereocenters. The molecule has 0 aliphatic rings. The predicted octanol–water partition coefficient (Wildman–Crippen LogP) is 5.69. The van der Waals surface area contributed by atoms with Crippen LogP contribution in [0.15, 0.2) is 46.9 Å². The molecule has 5 heteroatoms. The maximum absolute atomic E-state index is 14.1. The highest BCUT2D eigenvalue weighted by Gasteiger charge is 2.34. The van der Waals surface area contributed by atoms with E-state index in [1.54, 1.807) is 30.3 Å². The Morgan fingerprint density at radius 1 is 0.952 bits per heavy atom. The van der Waals surface area contributed by atoms with Crippen LogP contribution in [0.4, 0.5) is 8.78 Å². The molecule has 0 radical (unpaired) electrons. The molecule has 112 valence electrons. The summed E-state index contributed by atoms with van der Waals surface area (Å²) >= 11 is 15.4. The molecule has 21 heavy (non-hydrogen) atoms. The third-order valence-electron chi connectivity index (χ3n) is 3.50. The summed E-state index contributed by atoms with van der Waals surface area (Å²) in [6.07, 6.45) is 0.236. The molecule has 0 heterocycles. The molecule has 0 N–H and O–H groups in total. The summed E-state index contributed by atoms with van der Waals surface area (Å²) in [4.78, 5) is 0. The SMILES string of the molecule is Fc1cc(Br)ccc1CC(CCl)(CCl)c1ccccc1F. The first kappa shape index (κ1) is 16.7. The summed E-state index contributed by atoms with van der Waals surface area (Å²) in [5.41, 5.74) is 0.0309. The van der Waals surface area contributed by atoms with Crippen molar-refractivity contribution in [2.24, 2.45) is 0 Å². The number of hydrogen-bond acceptors (Lipinski definition) is 0. The van der Waals surface area contributed by atoms with Crippen molar-refractivity contribution < 1.29 is 8.78 Å². The van der Waals surface area contributed by atoms with Gasteiger partial charge in [-0.2, -0.15) is 0 Å². The van der Waals surface area contributed by atoms with E-state index < -0.39 is 5.41 Å². The van der Waals surface area contributed by atoms with E-state index >= 15 is 0 Å². The van der Waals surface area contributed by atoms with Gasteiger partial charge in [-0.25, -0.2) is 8.78 Å². The van der Waals surface area contributed by atoms with Gasteiger partial charge in [0.1, 0.15) is 11.6 Å². The highest BCUT2D eigenvalue weighted by atomic mass is 79.9. The van der Waals surface area contributed by atoms with Crippen LogP contribution in [-0.2, 0) is 11.8 Å². The van der Waals surface area contributed by atoms with Gasteiger partial charge in [-0.15, -0.1) is 23.2 Å². The van der Waals surface area contributed by atoms with Gasteiger partial charge in [0.05, 0.1) is 0 Å². The zero-order chi connectivity index (χ0) is 15.5. The van der Waals surface area contributed by atoms with Crippen LogP contribution in [0.1, 0.15) is 11.1 Å². The second-order valence-electron chi connectivity index (χ2n) is 4.94. The molecular weight excluding hydrogens is 381 g/mol. The fourth-order valence-corrected chi connectivity index (χ4v) is 3.39. The zero-order valence-corrected chi connectivity index (χ0v) is 14.2. The standard InChI is InChI=1S/C16H13BrCl2F2/c17-12-6-5-11(15(21)7-12)8-16(9-18,10-19)13-3-1-2-4-14(13)20/h1-7H,8-10H2. The van der Waals surface area contributed by atoms with E-state index in [9.17, 15) is 8.78 Å². The number of alkyl halides is 2. The Hall–Kier alpha value is -0.640. The Morgan fingerprint density at radius 2 is 1.62 bits per heavy atom. The lowest BCUT2D eigenvalue weighted by Crippen LogP contribution is -2.34. The Balaban J connectivity index is 2.46. The largest absolute Gasteiger partial charge is 0.207 e. The lowest BCUT2D eigenvalue weighted by Gasteiger charge is -2.31. The average molecular weight is 394 g/mol. The third kappa shape index (κ3) is 3.58. The molecule has 0 saturated carbocycles. The van der Waals surface area contributed by atoms with Crippen LogP contribution in [0, 0.1) is 11.6 Å². The minimum absolute atomic E-state index is 0.104. The highest BCUT2D eigenvalue weighted by Crippen LogP contribution is 2.34. The first-order valence-corrected chi connectivity index (χ1v) is 8.19. The molecule has 0 amide bonds. The van der Waals surface area contributed by atoms with Crippen molar-refractivity contribution >= 4 is 39.1 Å². The minimum Gasteiger partial charge on any atom is -0.207 e.